The van der Waals surface area contributed by atoms with Gasteiger partial charge in [-0.3, -0.25) is 5.32 Å². The van der Waals surface area contributed by atoms with E-state index in [1.165, 1.54) is 0 Å². The Kier molecular flexibility index (Phi) is 4.63. The Hall–Kier alpha value is -1.66. The van der Waals surface area contributed by atoms with E-state index in [0.717, 1.165) is 17.1 Å². The maximum Gasteiger partial charge on any atom is 0.161 e. The van der Waals surface area contributed by atoms with Gasteiger partial charge in [-0.2, -0.15) is 0 Å². The first-order valence-corrected chi connectivity index (χ1v) is 5.91. The molecule has 1 rings (SSSR count). The van der Waals surface area contributed by atoms with Crippen molar-refractivity contribution in [1.82, 2.24) is 5.32 Å². The van der Waals surface area contributed by atoms with Crippen LogP contribution in [0.2, 0.25) is 0 Å². The molecule has 3 heteroatoms. The molecule has 0 radical (unpaired) electrons. The SMILES string of the molecule is C#CC(C)(C)NC(C)c1ccc(OC)c(OC)c1. The van der Waals surface area contributed by atoms with Crippen LogP contribution in [-0.2, 0) is 0 Å². The van der Waals surface area contributed by atoms with Crippen molar-refractivity contribution in [3.63, 3.8) is 0 Å². The predicted molar refractivity (Wildman–Crippen MR) is 74.0 cm³/mol. The number of ether oxygens (including phenoxy) is 2. The van der Waals surface area contributed by atoms with E-state index in [-0.39, 0.29) is 11.6 Å². The van der Waals surface area contributed by atoms with E-state index in [4.69, 9.17) is 15.9 Å². The molecule has 0 aromatic heterocycles. The highest BCUT2D eigenvalue weighted by Gasteiger charge is 2.18. The van der Waals surface area contributed by atoms with Crippen molar-refractivity contribution in [3.05, 3.63) is 23.8 Å². The molecular formula is C15H21NO2. The maximum atomic E-state index is 5.48. The van der Waals surface area contributed by atoms with Gasteiger partial charge in [0.25, 0.3) is 0 Å². The van der Waals surface area contributed by atoms with Gasteiger partial charge in [0.05, 0.1) is 19.8 Å². The molecule has 0 bridgehead atoms. The topological polar surface area (TPSA) is 30.5 Å². The highest BCUT2D eigenvalue weighted by molar-refractivity contribution is 5.43. The smallest absolute Gasteiger partial charge is 0.161 e. The summed E-state index contributed by atoms with van der Waals surface area (Å²) in [7, 11) is 3.26. The minimum Gasteiger partial charge on any atom is -0.493 e. The molecule has 1 N–H and O–H groups in total. The van der Waals surface area contributed by atoms with Crippen molar-refractivity contribution in [3.8, 4) is 23.8 Å². The number of hydrogen-bond donors (Lipinski definition) is 1. The average molecular weight is 247 g/mol. The molecule has 0 saturated carbocycles. The molecule has 0 spiro atoms. The first kappa shape index (κ1) is 14.4. The quantitative estimate of drug-likeness (QED) is 0.812. The summed E-state index contributed by atoms with van der Waals surface area (Å²) in [6.45, 7) is 6.02. The summed E-state index contributed by atoms with van der Waals surface area (Å²) >= 11 is 0. The number of terminal acetylenes is 1. The number of benzene rings is 1. The van der Waals surface area contributed by atoms with Crippen molar-refractivity contribution in [2.24, 2.45) is 0 Å². The predicted octanol–water partition coefficient (Wildman–Crippen LogP) is 2.77. The van der Waals surface area contributed by atoms with Crippen molar-refractivity contribution in [2.75, 3.05) is 14.2 Å². The van der Waals surface area contributed by atoms with E-state index in [1.54, 1.807) is 14.2 Å². The summed E-state index contributed by atoms with van der Waals surface area (Å²) in [6, 6.07) is 6.00. The fourth-order valence-corrected chi connectivity index (χ4v) is 1.79. The molecular weight excluding hydrogens is 226 g/mol. The van der Waals surface area contributed by atoms with Crippen LogP contribution in [0.25, 0.3) is 0 Å². The molecule has 18 heavy (non-hydrogen) atoms. The van der Waals surface area contributed by atoms with Crippen LogP contribution >= 0.6 is 0 Å². The van der Waals surface area contributed by atoms with Gasteiger partial charge in [0, 0.05) is 6.04 Å². The Morgan fingerprint density at radius 1 is 1.22 bits per heavy atom. The summed E-state index contributed by atoms with van der Waals surface area (Å²) in [6.07, 6.45) is 5.48. The van der Waals surface area contributed by atoms with Gasteiger partial charge in [0.2, 0.25) is 0 Å². The third-order valence-electron chi connectivity index (χ3n) is 2.85. The number of hydrogen-bond acceptors (Lipinski definition) is 3. The molecule has 0 saturated heterocycles. The van der Waals surface area contributed by atoms with Gasteiger partial charge < -0.3 is 9.47 Å². The first-order chi connectivity index (χ1) is 8.43. The molecule has 0 aliphatic rings. The zero-order valence-corrected chi connectivity index (χ0v) is 11.7. The van der Waals surface area contributed by atoms with Crippen LogP contribution in [0.1, 0.15) is 32.4 Å². The lowest BCUT2D eigenvalue weighted by atomic mass is 10.0. The Morgan fingerprint density at radius 3 is 2.33 bits per heavy atom. The lowest BCUT2D eigenvalue weighted by Gasteiger charge is -2.25. The maximum absolute atomic E-state index is 5.48. The van der Waals surface area contributed by atoms with Crippen LogP contribution in [0.15, 0.2) is 18.2 Å². The second kappa shape index (κ2) is 5.79. The van der Waals surface area contributed by atoms with Gasteiger partial charge in [-0.05, 0) is 38.5 Å². The largest absolute Gasteiger partial charge is 0.493 e. The molecule has 1 unspecified atom stereocenters. The zero-order valence-electron chi connectivity index (χ0n) is 11.7. The fourth-order valence-electron chi connectivity index (χ4n) is 1.79. The Labute approximate surface area is 109 Å². The van der Waals surface area contributed by atoms with Gasteiger partial charge in [0.1, 0.15) is 0 Å². The first-order valence-electron chi connectivity index (χ1n) is 5.91. The van der Waals surface area contributed by atoms with E-state index in [2.05, 4.69) is 18.2 Å². The minimum absolute atomic E-state index is 0.135. The molecule has 0 fully saturated rings. The second-order valence-corrected chi connectivity index (χ2v) is 4.75. The standard InChI is InChI=1S/C15H21NO2/c1-7-15(3,4)16-11(2)12-8-9-13(17-5)14(10-12)18-6/h1,8-11,16H,2-6H3. The normalized spacial score (nSPS) is 12.7. The van der Waals surface area contributed by atoms with Gasteiger partial charge in [0.15, 0.2) is 11.5 Å². The van der Waals surface area contributed by atoms with Crippen molar-refractivity contribution in [2.45, 2.75) is 32.4 Å². The van der Waals surface area contributed by atoms with Crippen molar-refractivity contribution in [1.29, 1.82) is 0 Å². The van der Waals surface area contributed by atoms with Crippen molar-refractivity contribution < 1.29 is 9.47 Å². The highest BCUT2D eigenvalue weighted by Crippen LogP contribution is 2.30. The lowest BCUT2D eigenvalue weighted by Crippen LogP contribution is -2.39. The van der Waals surface area contributed by atoms with E-state index in [1.807, 2.05) is 32.0 Å². The van der Waals surface area contributed by atoms with Gasteiger partial charge in [-0.25, -0.2) is 0 Å². The average Bonchev–Trinajstić information content (AvgIpc) is 2.37. The Morgan fingerprint density at radius 2 is 1.83 bits per heavy atom. The molecule has 0 heterocycles. The fraction of sp³-hybridized carbons (Fsp3) is 0.467. The van der Waals surface area contributed by atoms with Gasteiger partial charge >= 0.3 is 0 Å². The Bertz CT molecular complexity index is 446. The number of rotatable bonds is 5. The van der Waals surface area contributed by atoms with Crippen LogP contribution in [0.5, 0.6) is 11.5 Å². The molecule has 1 atom stereocenters. The number of methoxy groups -OCH3 is 2. The van der Waals surface area contributed by atoms with Gasteiger partial charge in [-0.1, -0.05) is 12.0 Å². The molecule has 98 valence electrons. The Balaban J connectivity index is 2.94. The van der Waals surface area contributed by atoms with Gasteiger partial charge in [-0.15, -0.1) is 6.42 Å². The van der Waals surface area contributed by atoms with E-state index >= 15 is 0 Å². The molecule has 3 nitrogen and oxygen atoms in total. The molecule has 0 aliphatic carbocycles. The van der Waals surface area contributed by atoms with Crippen LogP contribution in [0, 0.1) is 12.3 Å². The van der Waals surface area contributed by atoms with E-state index in [9.17, 15) is 0 Å². The monoisotopic (exact) mass is 247 g/mol. The molecule has 1 aromatic carbocycles. The summed E-state index contributed by atoms with van der Waals surface area (Å²) in [5.41, 5.74) is 0.767. The zero-order chi connectivity index (χ0) is 13.8. The molecule has 0 amide bonds. The summed E-state index contributed by atoms with van der Waals surface area (Å²) in [4.78, 5) is 0. The third-order valence-corrected chi connectivity index (χ3v) is 2.85. The summed E-state index contributed by atoms with van der Waals surface area (Å²) in [5.74, 6) is 4.18. The highest BCUT2D eigenvalue weighted by atomic mass is 16.5. The second-order valence-electron chi connectivity index (χ2n) is 4.75. The number of nitrogens with one attached hydrogen (secondary N) is 1. The van der Waals surface area contributed by atoms with Crippen molar-refractivity contribution >= 4 is 0 Å². The van der Waals surface area contributed by atoms with E-state index < -0.39 is 0 Å². The van der Waals surface area contributed by atoms with Crippen LogP contribution in [0.4, 0.5) is 0 Å². The third kappa shape index (κ3) is 3.41. The lowest BCUT2D eigenvalue weighted by molar-refractivity contribution is 0.353. The summed E-state index contributed by atoms with van der Waals surface area (Å²) in [5, 5.41) is 3.38. The minimum atomic E-state index is -0.341. The summed E-state index contributed by atoms with van der Waals surface area (Å²) < 4.78 is 10.5. The van der Waals surface area contributed by atoms with E-state index in [0.29, 0.717) is 0 Å². The van der Waals surface area contributed by atoms with Crippen LogP contribution in [-0.4, -0.2) is 19.8 Å². The van der Waals surface area contributed by atoms with Crippen LogP contribution < -0.4 is 14.8 Å². The molecule has 1 aromatic rings. The molecule has 0 aliphatic heterocycles. The van der Waals surface area contributed by atoms with Crippen LogP contribution in [0.3, 0.4) is 0 Å².